The van der Waals surface area contributed by atoms with Crippen LogP contribution in [-0.4, -0.2) is 52.2 Å². The zero-order chi connectivity index (χ0) is 21.5. The van der Waals surface area contributed by atoms with E-state index in [0.29, 0.717) is 11.6 Å². The highest BCUT2D eigenvalue weighted by Gasteiger charge is 2.49. The average Bonchev–Trinajstić information content (AvgIpc) is 3.34. The van der Waals surface area contributed by atoms with Gasteiger partial charge >= 0.3 is 0 Å². The number of carbonyl (C=O) groups is 3. The van der Waals surface area contributed by atoms with E-state index in [1.54, 1.807) is 18.0 Å². The van der Waals surface area contributed by atoms with Crippen molar-refractivity contribution >= 4 is 35.0 Å². The van der Waals surface area contributed by atoms with Gasteiger partial charge in [0.05, 0.1) is 11.7 Å². The third-order valence-electron chi connectivity index (χ3n) is 6.50. The Kier molecular flexibility index (Phi) is 5.27. The lowest BCUT2D eigenvalue weighted by molar-refractivity contribution is -0.127. The largest absolute Gasteiger partial charge is 0.364 e. The molecule has 2 aromatic rings. The van der Waals surface area contributed by atoms with Crippen molar-refractivity contribution < 1.29 is 14.4 Å². The van der Waals surface area contributed by atoms with Crippen LogP contribution >= 0.6 is 11.6 Å². The van der Waals surface area contributed by atoms with Gasteiger partial charge in [-0.25, -0.2) is 4.98 Å². The Labute approximate surface area is 179 Å². The number of hydrogen-bond donors (Lipinski definition) is 2. The summed E-state index contributed by atoms with van der Waals surface area (Å²) in [5, 5.41) is 0.610. The average molecular weight is 430 g/mol. The molecule has 9 heteroatoms. The van der Waals surface area contributed by atoms with Gasteiger partial charge < -0.3 is 20.5 Å². The minimum absolute atomic E-state index is 0.0137. The number of imidazole rings is 1. The van der Waals surface area contributed by atoms with Gasteiger partial charge in [-0.3, -0.25) is 14.4 Å². The molecule has 1 aromatic carbocycles. The maximum absolute atomic E-state index is 13.2. The number of aromatic nitrogens is 2. The first-order valence-electron chi connectivity index (χ1n) is 10.0. The van der Waals surface area contributed by atoms with Crippen LogP contribution in [0.3, 0.4) is 0 Å². The molecular formula is C21H24ClN5O3. The smallest absolute Gasteiger partial charge is 0.272 e. The van der Waals surface area contributed by atoms with Crippen molar-refractivity contribution in [2.45, 2.75) is 38.1 Å². The lowest BCUT2D eigenvalue weighted by Gasteiger charge is -2.39. The monoisotopic (exact) mass is 429 g/mol. The number of nitrogens with zero attached hydrogens (tertiary/aromatic N) is 3. The molecule has 0 unspecified atom stereocenters. The van der Waals surface area contributed by atoms with Gasteiger partial charge in [-0.1, -0.05) is 17.7 Å². The molecule has 158 valence electrons. The Morgan fingerprint density at radius 2 is 2.03 bits per heavy atom. The van der Waals surface area contributed by atoms with Gasteiger partial charge in [0.2, 0.25) is 5.91 Å². The van der Waals surface area contributed by atoms with E-state index in [0.717, 1.165) is 37.8 Å². The predicted molar refractivity (Wildman–Crippen MR) is 112 cm³/mol. The minimum atomic E-state index is -0.742. The van der Waals surface area contributed by atoms with Crippen LogP contribution in [0.15, 0.2) is 30.6 Å². The molecule has 3 N–H and O–H groups in total. The molecule has 2 fully saturated rings. The van der Waals surface area contributed by atoms with Crippen LogP contribution in [0, 0.1) is 5.41 Å². The van der Waals surface area contributed by atoms with Crippen LogP contribution in [0.2, 0.25) is 5.02 Å². The minimum Gasteiger partial charge on any atom is -0.364 e. The molecular weight excluding hydrogens is 406 g/mol. The van der Waals surface area contributed by atoms with E-state index in [1.165, 1.54) is 6.33 Å². The van der Waals surface area contributed by atoms with Crippen molar-refractivity contribution in [1.82, 2.24) is 14.9 Å². The molecule has 8 nitrogen and oxygen atoms in total. The van der Waals surface area contributed by atoms with Crippen LogP contribution in [0.5, 0.6) is 0 Å². The highest BCUT2D eigenvalue weighted by molar-refractivity contribution is 6.31. The van der Waals surface area contributed by atoms with E-state index in [2.05, 4.69) is 9.97 Å². The van der Waals surface area contributed by atoms with Crippen LogP contribution < -0.4 is 10.6 Å². The fraction of sp³-hybridized carbons (Fsp3) is 0.429. The number of aromatic amines is 1. The van der Waals surface area contributed by atoms with Crippen molar-refractivity contribution in [3.63, 3.8) is 0 Å². The summed E-state index contributed by atoms with van der Waals surface area (Å²) in [5.74, 6) is -0.921. The number of hydrogen-bond acceptors (Lipinski definition) is 4. The Balaban J connectivity index is 1.43. The lowest BCUT2D eigenvalue weighted by atomic mass is 9.71. The van der Waals surface area contributed by atoms with Crippen LogP contribution in [0.1, 0.15) is 53.1 Å². The summed E-state index contributed by atoms with van der Waals surface area (Å²) < 4.78 is 0. The first-order valence-corrected chi connectivity index (χ1v) is 10.4. The summed E-state index contributed by atoms with van der Waals surface area (Å²) in [7, 11) is 1.71. The Hall–Kier alpha value is -2.87. The molecule has 0 atom stereocenters. The molecule has 2 heterocycles. The number of amides is 3. The summed E-state index contributed by atoms with van der Waals surface area (Å²) >= 11 is 6.09. The SMILES string of the molecule is CN(C(=O)c1[nH]cnc1C(N)=O)C1CCC2(CC1)CCN(c1cccc(Cl)c1)C2=O. The normalized spacial score (nSPS) is 23.7. The molecule has 1 saturated heterocycles. The van der Waals surface area contributed by atoms with Gasteiger partial charge in [-0.2, -0.15) is 0 Å². The van der Waals surface area contributed by atoms with Crippen LogP contribution in [-0.2, 0) is 4.79 Å². The molecule has 1 aliphatic heterocycles. The number of H-pyrrole nitrogens is 1. The van der Waals surface area contributed by atoms with E-state index < -0.39 is 5.91 Å². The molecule has 1 aromatic heterocycles. The first kappa shape index (κ1) is 20.4. The summed E-state index contributed by atoms with van der Waals surface area (Å²) in [6.07, 6.45) is 4.97. The number of nitrogens with one attached hydrogen (secondary N) is 1. The van der Waals surface area contributed by atoms with Crippen molar-refractivity contribution in [1.29, 1.82) is 0 Å². The van der Waals surface area contributed by atoms with Gasteiger partial charge in [0, 0.05) is 30.3 Å². The second kappa shape index (κ2) is 7.75. The van der Waals surface area contributed by atoms with E-state index in [9.17, 15) is 14.4 Å². The number of primary amides is 1. The number of rotatable bonds is 4. The molecule has 3 amide bonds. The molecule has 4 rings (SSSR count). The van der Waals surface area contributed by atoms with E-state index >= 15 is 0 Å². The maximum Gasteiger partial charge on any atom is 0.272 e. The van der Waals surface area contributed by atoms with Crippen molar-refractivity contribution in [3.8, 4) is 0 Å². The number of halogens is 1. The predicted octanol–water partition coefficient (Wildman–Crippen LogP) is 2.60. The van der Waals surface area contributed by atoms with E-state index in [4.69, 9.17) is 17.3 Å². The molecule has 1 saturated carbocycles. The van der Waals surface area contributed by atoms with Gasteiger partial charge in [-0.15, -0.1) is 0 Å². The van der Waals surface area contributed by atoms with Crippen molar-refractivity contribution in [3.05, 3.63) is 47.0 Å². The molecule has 1 spiro atoms. The van der Waals surface area contributed by atoms with Gasteiger partial charge in [0.1, 0.15) is 5.69 Å². The van der Waals surface area contributed by atoms with Crippen LogP contribution in [0.25, 0.3) is 0 Å². The summed E-state index contributed by atoms with van der Waals surface area (Å²) in [6.45, 7) is 0.675. The Morgan fingerprint density at radius 3 is 2.70 bits per heavy atom. The van der Waals surface area contributed by atoms with E-state index in [-0.39, 0.29) is 34.7 Å². The highest BCUT2D eigenvalue weighted by atomic mass is 35.5. The van der Waals surface area contributed by atoms with Crippen molar-refractivity contribution in [2.24, 2.45) is 11.1 Å². The first-order chi connectivity index (χ1) is 14.3. The lowest BCUT2D eigenvalue weighted by Crippen LogP contribution is -2.45. The molecule has 2 aliphatic rings. The quantitative estimate of drug-likeness (QED) is 0.777. The number of nitrogens with two attached hydrogens (primary N) is 1. The maximum atomic E-state index is 13.2. The highest BCUT2D eigenvalue weighted by Crippen LogP contribution is 2.47. The summed E-state index contributed by atoms with van der Waals surface area (Å²) in [6, 6.07) is 7.35. The number of benzene rings is 1. The molecule has 0 bridgehead atoms. The third-order valence-corrected chi connectivity index (χ3v) is 6.73. The fourth-order valence-electron chi connectivity index (χ4n) is 4.70. The standard InChI is InChI=1S/C21H24ClN5O3/c1-26(19(29)17-16(18(23)28)24-12-25-17)14-5-7-21(8-6-14)9-10-27(20(21)30)15-4-2-3-13(22)11-15/h2-4,11-12,14H,5-10H2,1H3,(H2,23,28)(H,24,25). The van der Waals surface area contributed by atoms with Crippen molar-refractivity contribution in [2.75, 3.05) is 18.5 Å². The van der Waals surface area contributed by atoms with Gasteiger partial charge in [0.25, 0.3) is 11.8 Å². The van der Waals surface area contributed by atoms with E-state index in [1.807, 2.05) is 23.1 Å². The fourth-order valence-corrected chi connectivity index (χ4v) is 4.89. The summed E-state index contributed by atoms with van der Waals surface area (Å²) in [5.41, 5.74) is 5.80. The summed E-state index contributed by atoms with van der Waals surface area (Å²) in [4.78, 5) is 47.6. The molecule has 1 aliphatic carbocycles. The molecule has 0 radical (unpaired) electrons. The zero-order valence-electron chi connectivity index (χ0n) is 16.7. The molecule has 30 heavy (non-hydrogen) atoms. The number of anilines is 1. The number of carbonyl (C=O) groups excluding carboxylic acids is 3. The third kappa shape index (κ3) is 3.45. The second-order valence-electron chi connectivity index (χ2n) is 8.10. The van der Waals surface area contributed by atoms with Gasteiger partial charge in [0.15, 0.2) is 5.69 Å². The zero-order valence-corrected chi connectivity index (χ0v) is 17.5. The second-order valence-corrected chi connectivity index (χ2v) is 8.54. The Bertz CT molecular complexity index is 996. The van der Waals surface area contributed by atoms with Gasteiger partial charge in [-0.05, 0) is 50.3 Å². The van der Waals surface area contributed by atoms with Crippen LogP contribution in [0.4, 0.5) is 5.69 Å². The topological polar surface area (TPSA) is 112 Å². The Morgan fingerprint density at radius 1 is 1.30 bits per heavy atom.